The summed E-state index contributed by atoms with van der Waals surface area (Å²) in [5.41, 5.74) is 0.794. The quantitative estimate of drug-likeness (QED) is 0.663. The molecule has 2 bridgehead atoms. The van der Waals surface area contributed by atoms with Gasteiger partial charge in [-0.1, -0.05) is 5.16 Å². The van der Waals surface area contributed by atoms with Crippen molar-refractivity contribution in [1.29, 1.82) is 0 Å². The zero-order valence-corrected chi connectivity index (χ0v) is 8.42. The van der Waals surface area contributed by atoms with Gasteiger partial charge in [0.2, 0.25) is 6.61 Å². The third kappa shape index (κ3) is 2.42. The molecule has 0 amide bonds. The molecule has 0 radical (unpaired) electrons. The summed E-state index contributed by atoms with van der Waals surface area (Å²) < 4.78 is 35.3. The van der Waals surface area contributed by atoms with Crippen molar-refractivity contribution in [2.45, 2.75) is 25.1 Å². The zero-order valence-electron chi connectivity index (χ0n) is 8.42. The van der Waals surface area contributed by atoms with Crippen LogP contribution in [-0.2, 0) is 4.84 Å². The smallest absolute Gasteiger partial charge is 0.386 e. The van der Waals surface area contributed by atoms with Crippen molar-refractivity contribution in [3.8, 4) is 0 Å². The van der Waals surface area contributed by atoms with Gasteiger partial charge in [0.05, 0.1) is 5.71 Å². The Bertz CT molecular complexity index is 275. The second kappa shape index (κ2) is 3.66. The van der Waals surface area contributed by atoms with Gasteiger partial charge >= 0.3 is 6.18 Å². The standard InChI is InChI=1S/C9H13F3N2O/c1-14-4-6-2-7(14)3-8(6)13-15-5-9(10,11)12/h6-7H,2-5H2,1H3/b13-8-. The number of fused-ring (bicyclic) bond motifs is 2. The van der Waals surface area contributed by atoms with Gasteiger partial charge < -0.3 is 9.74 Å². The first kappa shape index (κ1) is 10.7. The van der Waals surface area contributed by atoms with Crippen LogP contribution >= 0.6 is 0 Å². The molecular weight excluding hydrogens is 209 g/mol. The molecule has 0 aromatic heterocycles. The van der Waals surface area contributed by atoms with Crippen LogP contribution in [0.3, 0.4) is 0 Å². The maximum atomic E-state index is 11.8. The highest BCUT2D eigenvalue weighted by Crippen LogP contribution is 2.34. The number of likely N-dealkylation sites (tertiary alicyclic amines) is 1. The number of hydrogen-bond acceptors (Lipinski definition) is 3. The molecule has 1 aliphatic heterocycles. The van der Waals surface area contributed by atoms with Crippen molar-refractivity contribution in [1.82, 2.24) is 4.90 Å². The van der Waals surface area contributed by atoms with Crippen molar-refractivity contribution in [2.75, 3.05) is 20.2 Å². The van der Waals surface area contributed by atoms with Crippen LogP contribution in [-0.4, -0.2) is 43.0 Å². The van der Waals surface area contributed by atoms with E-state index in [1.807, 2.05) is 7.05 Å². The van der Waals surface area contributed by atoms with Crippen molar-refractivity contribution >= 4 is 5.71 Å². The predicted octanol–water partition coefficient (Wildman–Crippen LogP) is 1.65. The van der Waals surface area contributed by atoms with Gasteiger partial charge in [-0.3, -0.25) is 0 Å². The van der Waals surface area contributed by atoms with Crippen molar-refractivity contribution < 1.29 is 18.0 Å². The minimum atomic E-state index is -4.29. The van der Waals surface area contributed by atoms with Crippen molar-refractivity contribution in [3.05, 3.63) is 0 Å². The van der Waals surface area contributed by atoms with E-state index in [4.69, 9.17) is 0 Å². The van der Waals surface area contributed by atoms with Crippen LogP contribution in [0.4, 0.5) is 13.2 Å². The fraction of sp³-hybridized carbons (Fsp3) is 0.889. The Morgan fingerprint density at radius 3 is 2.73 bits per heavy atom. The van der Waals surface area contributed by atoms with Gasteiger partial charge in [0.15, 0.2) is 0 Å². The van der Waals surface area contributed by atoms with E-state index >= 15 is 0 Å². The molecule has 6 heteroatoms. The highest BCUT2D eigenvalue weighted by atomic mass is 19.4. The minimum absolute atomic E-state index is 0.299. The molecule has 1 heterocycles. The highest BCUT2D eigenvalue weighted by Gasteiger charge is 2.41. The van der Waals surface area contributed by atoms with Crippen LogP contribution in [0, 0.1) is 5.92 Å². The Morgan fingerprint density at radius 1 is 1.53 bits per heavy atom. The Kier molecular flexibility index (Phi) is 2.62. The topological polar surface area (TPSA) is 24.8 Å². The SMILES string of the molecule is CN1CC2CC1C/C2=N/OCC(F)(F)F. The van der Waals surface area contributed by atoms with E-state index in [0.29, 0.717) is 12.0 Å². The molecule has 2 rings (SSSR count). The van der Waals surface area contributed by atoms with E-state index in [0.717, 1.165) is 25.1 Å². The summed E-state index contributed by atoms with van der Waals surface area (Å²) in [6.07, 6.45) is -2.54. The number of hydrogen-bond donors (Lipinski definition) is 0. The molecule has 86 valence electrons. The van der Waals surface area contributed by atoms with Gasteiger partial charge in [0.25, 0.3) is 0 Å². The highest BCUT2D eigenvalue weighted by molar-refractivity contribution is 5.90. The molecule has 1 aliphatic carbocycles. The average Bonchev–Trinajstić information content (AvgIpc) is 2.60. The number of oxime groups is 1. The average molecular weight is 222 g/mol. The lowest BCUT2D eigenvalue weighted by atomic mass is 10.1. The Labute approximate surface area is 85.9 Å². The molecule has 0 aromatic carbocycles. The summed E-state index contributed by atoms with van der Waals surface area (Å²) in [5.74, 6) is 0.299. The lowest BCUT2D eigenvalue weighted by Gasteiger charge is -2.22. The molecule has 2 unspecified atom stereocenters. The minimum Gasteiger partial charge on any atom is -0.386 e. The first-order valence-corrected chi connectivity index (χ1v) is 4.91. The summed E-state index contributed by atoms with van der Waals surface area (Å²) in [7, 11) is 2.03. The van der Waals surface area contributed by atoms with E-state index in [2.05, 4.69) is 14.9 Å². The summed E-state index contributed by atoms with van der Waals surface area (Å²) >= 11 is 0. The normalized spacial score (nSPS) is 34.0. The number of piperidine rings is 1. The predicted molar refractivity (Wildman–Crippen MR) is 48.6 cm³/mol. The summed E-state index contributed by atoms with van der Waals surface area (Å²) in [6, 6.07) is 0.447. The second-order valence-electron chi connectivity index (χ2n) is 4.20. The van der Waals surface area contributed by atoms with E-state index in [9.17, 15) is 13.2 Å². The number of rotatable bonds is 2. The van der Waals surface area contributed by atoms with Crippen LogP contribution in [0.2, 0.25) is 0 Å². The van der Waals surface area contributed by atoms with Gasteiger partial charge in [-0.25, -0.2) is 0 Å². The Hall–Kier alpha value is -0.780. The molecular formula is C9H13F3N2O. The largest absolute Gasteiger partial charge is 0.425 e. The van der Waals surface area contributed by atoms with Gasteiger partial charge in [0.1, 0.15) is 0 Å². The van der Waals surface area contributed by atoms with Crippen LogP contribution < -0.4 is 0 Å². The molecule has 2 fully saturated rings. The van der Waals surface area contributed by atoms with Gasteiger partial charge in [-0.2, -0.15) is 13.2 Å². The lowest BCUT2D eigenvalue weighted by Crippen LogP contribution is -2.32. The molecule has 2 aliphatic rings. The molecule has 1 saturated heterocycles. The van der Waals surface area contributed by atoms with Crippen LogP contribution in [0.15, 0.2) is 5.16 Å². The summed E-state index contributed by atoms with van der Waals surface area (Å²) in [4.78, 5) is 6.53. The molecule has 1 saturated carbocycles. The fourth-order valence-electron chi connectivity index (χ4n) is 2.27. The number of alkyl halides is 3. The lowest BCUT2D eigenvalue weighted by molar-refractivity contribution is -0.173. The molecule has 0 N–H and O–H groups in total. The van der Waals surface area contributed by atoms with Gasteiger partial charge in [0, 0.05) is 24.9 Å². The van der Waals surface area contributed by atoms with Crippen LogP contribution in [0.25, 0.3) is 0 Å². The second-order valence-corrected chi connectivity index (χ2v) is 4.20. The zero-order chi connectivity index (χ0) is 11.1. The van der Waals surface area contributed by atoms with Crippen molar-refractivity contribution in [2.24, 2.45) is 11.1 Å². The number of halogens is 3. The fourth-order valence-corrected chi connectivity index (χ4v) is 2.27. The monoisotopic (exact) mass is 222 g/mol. The maximum Gasteiger partial charge on any atom is 0.425 e. The molecule has 2 atom stereocenters. The van der Waals surface area contributed by atoms with Gasteiger partial charge in [-0.15, -0.1) is 0 Å². The molecule has 0 spiro atoms. The number of nitrogens with zero attached hydrogens (tertiary/aromatic N) is 2. The Morgan fingerprint density at radius 2 is 2.27 bits per heavy atom. The summed E-state index contributed by atoms with van der Waals surface area (Å²) in [6.45, 7) is -0.400. The molecule has 15 heavy (non-hydrogen) atoms. The maximum absolute atomic E-state index is 11.8. The Balaban J connectivity index is 1.84. The van der Waals surface area contributed by atoms with E-state index in [-0.39, 0.29) is 0 Å². The van der Waals surface area contributed by atoms with Crippen molar-refractivity contribution in [3.63, 3.8) is 0 Å². The van der Waals surface area contributed by atoms with Gasteiger partial charge in [-0.05, 0) is 13.5 Å². The van der Waals surface area contributed by atoms with E-state index < -0.39 is 12.8 Å². The third-order valence-electron chi connectivity index (χ3n) is 3.01. The van der Waals surface area contributed by atoms with E-state index in [1.165, 1.54) is 0 Å². The first-order valence-electron chi connectivity index (χ1n) is 4.91. The molecule has 3 nitrogen and oxygen atoms in total. The van der Waals surface area contributed by atoms with E-state index in [1.54, 1.807) is 0 Å². The first-order chi connectivity index (χ1) is 6.96. The van der Waals surface area contributed by atoms with Crippen LogP contribution in [0.5, 0.6) is 0 Å². The third-order valence-corrected chi connectivity index (χ3v) is 3.01. The van der Waals surface area contributed by atoms with Crippen LogP contribution in [0.1, 0.15) is 12.8 Å². The summed E-state index contributed by atoms with van der Waals surface area (Å²) in [5, 5.41) is 3.60. The molecule has 0 aromatic rings.